The molecule has 0 heterocycles. The molecule has 0 spiro atoms. The first-order valence-electron chi connectivity index (χ1n) is 6.09. The van der Waals surface area contributed by atoms with E-state index in [9.17, 15) is 4.79 Å². The average Bonchev–Trinajstić information content (AvgIpc) is 2.25. The molecule has 0 aromatic heterocycles. The van der Waals surface area contributed by atoms with Crippen molar-refractivity contribution >= 4 is 5.97 Å². The van der Waals surface area contributed by atoms with Crippen LogP contribution >= 0.6 is 0 Å². The highest BCUT2D eigenvalue weighted by Crippen LogP contribution is 2.06. The molecule has 5 heteroatoms. The number of esters is 1. The highest BCUT2D eigenvalue weighted by Gasteiger charge is 2.25. The molecule has 0 rings (SSSR count). The van der Waals surface area contributed by atoms with E-state index < -0.39 is 0 Å². The molecular weight excluding hydrogens is 218 g/mol. The Labute approximate surface area is 105 Å². The first-order chi connectivity index (χ1) is 7.92. The van der Waals surface area contributed by atoms with Gasteiger partial charge in [-0.25, -0.2) is 0 Å². The van der Waals surface area contributed by atoms with Crippen molar-refractivity contribution in [3.8, 4) is 0 Å². The van der Waals surface area contributed by atoms with Crippen molar-refractivity contribution in [1.29, 1.82) is 0 Å². The predicted octanol–water partition coefficient (Wildman–Crippen LogP) is 0.00630. The van der Waals surface area contributed by atoms with Crippen LogP contribution < -0.4 is 5.73 Å². The molecule has 0 radical (unpaired) electrons. The van der Waals surface area contributed by atoms with E-state index in [-0.39, 0.29) is 12.0 Å². The van der Waals surface area contributed by atoms with Crippen molar-refractivity contribution < 1.29 is 9.53 Å². The van der Waals surface area contributed by atoms with Crippen LogP contribution in [0.2, 0.25) is 0 Å². The Hall–Kier alpha value is -0.650. The van der Waals surface area contributed by atoms with E-state index >= 15 is 0 Å². The molecule has 0 amide bonds. The van der Waals surface area contributed by atoms with Gasteiger partial charge >= 0.3 is 5.97 Å². The van der Waals surface area contributed by atoms with Crippen molar-refractivity contribution in [1.82, 2.24) is 9.80 Å². The summed E-state index contributed by atoms with van der Waals surface area (Å²) in [5.41, 5.74) is 5.68. The summed E-state index contributed by atoms with van der Waals surface area (Å²) in [7, 11) is 5.44. The number of ether oxygens (including phenoxy) is 1. The Kier molecular flexibility index (Phi) is 8.12. The molecule has 17 heavy (non-hydrogen) atoms. The summed E-state index contributed by atoms with van der Waals surface area (Å²) in [6.07, 6.45) is 0. The lowest BCUT2D eigenvalue weighted by molar-refractivity contribution is -0.146. The van der Waals surface area contributed by atoms with E-state index in [4.69, 9.17) is 10.5 Å². The maximum atomic E-state index is 11.7. The zero-order valence-electron chi connectivity index (χ0n) is 11.8. The Balaban J connectivity index is 4.55. The summed E-state index contributed by atoms with van der Waals surface area (Å²) in [4.78, 5) is 15.9. The molecule has 0 aliphatic heterocycles. The van der Waals surface area contributed by atoms with Gasteiger partial charge in [-0.15, -0.1) is 0 Å². The summed E-state index contributed by atoms with van der Waals surface area (Å²) >= 11 is 0. The Morgan fingerprint density at radius 1 is 1.29 bits per heavy atom. The number of hydrogen-bond acceptors (Lipinski definition) is 5. The van der Waals surface area contributed by atoms with Gasteiger partial charge in [0.2, 0.25) is 0 Å². The summed E-state index contributed by atoms with van der Waals surface area (Å²) < 4.78 is 4.80. The zero-order valence-corrected chi connectivity index (χ0v) is 11.8. The van der Waals surface area contributed by atoms with Crippen molar-refractivity contribution in [3.05, 3.63) is 0 Å². The molecule has 2 N–H and O–H groups in total. The summed E-state index contributed by atoms with van der Waals surface area (Å²) in [5, 5.41) is 0. The predicted molar refractivity (Wildman–Crippen MR) is 69.8 cm³/mol. The summed E-state index contributed by atoms with van der Waals surface area (Å²) in [6, 6.07) is -0.331. The smallest absolute Gasteiger partial charge is 0.324 e. The van der Waals surface area contributed by atoms with Crippen molar-refractivity contribution in [2.24, 2.45) is 11.7 Å². The van der Waals surface area contributed by atoms with Gasteiger partial charge in [0.05, 0.1) is 7.11 Å². The first kappa shape index (κ1) is 16.4. The van der Waals surface area contributed by atoms with Crippen molar-refractivity contribution in [2.45, 2.75) is 19.9 Å². The van der Waals surface area contributed by atoms with Crippen LogP contribution in [0.3, 0.4) is 0 Å². The molecule has 0 bridgehead atoms. The normalized spacial score (nSPS) is 13.5. The van der Waals surface area contributed by atoms with Gasteiger partial charge in [-0.3, -0.25) is 9.69 Å². The van der Waals surface area contributed by atoms with Crippen LogP contribution in [0.15, 0.2) is 0 Å². The molecule has 0 aliphatic carbocycles. The SMILES string of the molecule is COC(=O)C(CN)N(CCN(C)C)CC(C)C. The molecule has 102 valence electrons. The van der Waals surface area contributed by atoms with Gasteiger partial charge in [0.15, 0.2) is 0 Å². The van der Waals surface area contributed by atoms with Gasteiger partial charge in [0.25, 0.3) is 0 Å². The third-order valence-electron chi connectivity index (χ3n) is 2.57. The maximum absolute atomic E-state index is 11.7. The number of carbonyl (C=O) groups is 1. The number of carbonyl (C=O) groups excluding carboxylic acids is 1. The maximum Gasteiger partial charge on any atom is 0.324 e. The fraction of sp³-hybridized carbons (Fsp3) is 0.917. The number of nitrogens with zero attached hydrogens (tertiary/aromatic N) is 2. The van der Waals surface area contributed by atoms with Gasteiger partial charge in [0, 0.05) is 26.2 Å². The van der Waals surface area contributed by atoms with Gasteiger partial charge in [-0.05, 0) is 20.0 Å². The monoisotopic (exact) mass is 245 g/mol. The minimum atomic E-state index is -0.331. The minimum Gasteiger partial charge on any atom is -0.468 e. The standard InChI is InChI=1S/C12H27N3O2/c1-10(2)9-15(7-6-14(3)4)11(8-13)12(16)17-5/h10-11H,6-9,13H2,1-5H3. The summed E-state index contributed by atoms with van der Waals surface area (Å²) in [6.45, 7) is 7.14. The summed E-state index contributed by atoms with van der Waals surface area (Å²) in [5.74, 6) is 0.253. The number of nitrogens with two attached hydrogens (primary N) is 1. The van der Waals surface area contributed by atoms with E-state index in [0.29, 0.717) is 12.5 Å². The van der Waals surface area contributed by atoms with Gasteiger partial charge in [-0.2, -0.15) is 0 Å². The topological polar surface area (TPSA) is 58.8 Å². The van der Waals surface area contributed by atoms with Crippen LogP contribution in [0.25, 0.3) is 0 Å². The van der Waals surface area contributed by atoms with Gasteiger partial charge in [0.1, 0.15) is 6.04 Å². The fourth-order valence-electron chi connectivity index (χ4n) is 1.70. The number of rotatable bonds is 8. The van der Waals surface area contributed by atoms with Crippen LogP contribution in [-0.4, -0.2) is 69.2 Å². The zero-order chi connectivity index (χ0) is 13.4. The molecule has 5 nitrogen and oxygen atoms in total. The fourth-order valence-corrected chi connectivity index (χ4v) is 1.70. The Bertz CT molecular complexity index is 220. The van der Waals surface area contributed by atoms with Crippen LogP contribution in [0.4, 0.5) is 0 Å². The van der Waals surface area contributed by atoms with Gasteiger partial charge in [-0.1, -0.05) is 13.8 Å². The first-order valence-corrected chi connectivity index (χ1v) is 6.09. The minimum absolute atomic E-state index is 0.244. The molecule has 0 aliphatic rings. The third-order valence-corrected chi connectivity index (χ3v) is 2.57. The lowest BCUT2D eigenvalue weighted by atomic mass is 10.1. The molecule has 0 aromatic rings. The van der Waals surface area contributed by atoms with E-state index in [2.05, 4.69) is 23.6 Å². The Morgan fingerprint density at radius 3 is 2.24 bits per heavy atom. The highest BCUT2D eigenvalue weighted by atomic mass is 16.5. The van der Waals surface area contributed by atoms with E-state index in [0.717, 1.165) is 19.6 Å². The van der Waals surface area contributed by atoms with Crippen molar-refractivity contribution in [3.63, 3.8) is 0 Å². The van der Waals surface area contributed by atoms with Gasteiger partial charge < -0.3 is 15.4 Å². The number of hydrogen-bond donors (Lipinski definition) is 1. The lowest BCUT2D eigenvalue weighted by Crippen LogP contribution is -2.50. The largest absolute Gasteiger partial charge is 0.468 e. The second kappa shape index (κ2) is 8.44. The molecule has 0 saturated heterocycles. The van der Waals surface area contributed by atoms with Crippen molar-refractivity contribution in [2.75, 3.05) is 47.4 Å². The average molecular weight is 245 g/mol. The second-order valence-corrected chi connectivity index (χ2v) is 4.97. The molecule has 1 atom stereocenters. The number of likely N-dealkylation sites (N-methyl/N-ethyl adjacent to an activating group) is 1. The molecule has 0 saturated carbocycles. The molecule has 1 unspecified atom stereocenters. The van der Waals surface area contributed by atoms with Crippen LogP contribution in [0, 0.1) is 5.92 Å². The lowest BCUT2D eigenvalue weighted by Gasteiger charge is -2.31. The van der Waals surface area contributed by atoms with E-state index in [1.165, 1.54) is 7.11 Å². The van der Waals surface area contributed by atoms with Crippen LogP contribution in [0.1, 0.15) is 13.8 Å². The molecular formula is C12H27N3O2. The highest BCUT2D eigenvalue weighted by molar-refractivity contribution is 5.75. The second-order valence-electron chi connectivity index (χ2n) is 4.97. The van der Waals surface area contributed by atoms with E-state index in [1.807, 2.05) is 14.1 Å². The molecule has 0 aromatic carbocycles. The van der Waals surface area contributed by atoms with E-state index in [1.54, 1.807) is 0 Å². The van der Waals surface area contributed by atoms with Crippen LogP contribution in [0.5, 0.6) is 0 Å². The quantitative estimate of drug-likeness (QED) is 0.610. The third kappa shape index (κ3) is 6.61. The number of methoxy groups -OCH3 is 1. The Morgan fingerprint density at radius 2 is 1.88 bits per heavy atom. The molecule has 0 fully saturated rings. The van der Waals surface area contributed by atoms with Crippen LogP contribution in [-0.2, 0) is 9.53 Å².